The number of nitrogens with zero attached hydrogens (tertiary/aromatic N) is 2. The first kappa shape index (κ1) is 23.1. The second-order valence-electron chi connectivity index (χ2n) is 7.84. The van der Waals surface area contributed by atoms with E-state index in [1.54, 1.807) is 7.11 Å². The molecule has 0 fully saturated rings. The minimum absolute atomic E-state index is 0.241. The van der Waals surface area contributed by atoms with E-state index < -0.39 is 0 Å². The van der Waals surface area contributed by atoms with Gasteiger partial charge in [-0.3, -0.25) is 4.79 Å². The molecule has 1 heterocycles. The zero-order chi connectivity index (χ0) is 23.9. The third kappa shape index (κ3) is 5.29. The maximum absolute atomic E-state index is 13.2. The van der Waals surface area contributed by atoms with E-state index in [9.17, 15) is 4.79 Å². The Labute approximate surface area is 199 Å². The van der Waals surface area contributed by atoms with Crippen LogP contribution in [-0.2, 0) is 6.54 Å². The average molecular weight is 456 g/mol. The first-order valence-electron chi connectivity index (χ1n) is 11.4. The van der Waals surface area contributed by atoms with Crippen LogP contribution in [0.25, 0.3) is 11.0 Å². The summed E-state index contributed by atoms with van der Waals surface area (Å²) in [5.74, 6) is 0.494. The second-order valence-corrected chi connectivity index (χ2v) is 7.84. The minimum Gasteiger partial charge on any atom is -0.497 e. The Morgan fingerprint density at radius 1 is 0.971 bits per heavy atom. The van der Waals surface area contributed by atoms with Crippen molar-refractivity contribution in [1.29, 1.82) is 0 Å². The lowest BCUT2D eigenvalue weighted by Gasteiger charge is -2.21. The Morgan fingerprint density at radius 3 is 2.38 bits per heavy atom. The van der Waals surface area contributed by atoms with Gasteiger partial charge in [0, 0.05) is 36.8 Å². The van der Waals surface area contributed by atoms with Crippen molar-refractivity contribution in [3.05, 3.63) is 95.5 Å². The number of benzene rings is 3. The Hall–Kier alpha value is -4.06. The van der Waals surface area contributed by atoms with Crippen molar-refractivity contribution in [3.8, 4) is 5.75 Å². The molecule has 0 aliphatic carbocycles. The van der Waals surface area contributed by atoms with Crippen molar-refractivity contribution in [3.63, 3.8) is 0 Å². The number of anilines is 1. The Kier molecular flexibility index (Phi) is 7.28. The lowest BCUT2D eigenvalue weighted by atomic mass is 10.1. The lowest BCUT2D eigenvalue weighted by Crippen LogP contribution is -2.28. The van der Waals surface area contributed by atoms with Gasteiger partial charge in [-0.2, -0.15) is 0 Å². The summed E-state index contributed by atoms with van der Waals surface area (Å²) < 4.78 is 11.5. The van der Waals surface area contributed by atoms with Gasteiger partial charge in [0.15, 0.2) is 0 Å². The zero-order valence-corrected chi connectivity index (χ0v) is 19.7. The molecule has 0 spiro atoms. The molecule has 0 atom stereocenters. The third-order valence-electron chi connectivity index (χ3n) is 5.71. The van der Waals surface area contributed by atoms with Crippen molar-refractivity contribution < 1.29 is 13.9 Å². The van der Waals surface area contributed by atoms with Gasteiger partial charge in [-0.1, -0.05) is 30.3 Å². The molecule has 4 aromatic rings. The average Bonchev–Trinajstić information content (AvgIpc) is 2.88. The second kappa shape index (κ2) is 10.7. The van der Waals surface area contributed by atoms with Gasteiger partial charge < -0.3 is 19.4 Å². The number of carbonyl (C=O) groups excluding carboxylic acids is 1. The maximum Gasteiger partial charge on any atom is 0.257 e. The summed E-state index contributed by atoms with van der Waals surface area (Å²) in [7, 11) is 1.62. The van der Waals surface area contributed by atoms with Gasteiger partial charge in [0.25, 0.3) is 5.91 Å². The first-order chi connectivity index (χ1) is 16.6. The highest BCUT2D eigenvalue weighted by Gasteiger charge is 2.14. The van der Waals surface area contributed by atoms with E-state index in [1.165, 1.54) is 0 Å². The van der Waals surface area contributed by atoms with Crippen LogP contribution in [0.5, 0.6) is 5.75 Å². The SMILES string of the molecule is CCN(CC)c1ccc2cc(C(=O)NCc3ccccc3)c(=Nc3ccc(OC)cc3)oc2c1. The number of rotatable bonds is 8. The molecule has 3 aromatic carbocycles. The van der Waals surface area contributed by atoms with Crippen LogP contribution in [-0.4, -0.2) is 26.1 Å². The molecular weight excluding hydrogens is 426 g/mol. The first-order valence-corrected chi connectivity index (χ1v) is 11.4. The fourth-order valence-corrected chi connectivity index (χ4v) is 3.79. The van der Waals surface area contributed by atoms with E-state index in [2.05, 4.69) is 35.1 Å². The Morgan fingerprint density at radius 2 is 1.71 bits per heavy atom. The highest BCUT2D eigenvalue weighted by atomic mass is 16.5. The van der Waals surface area contributed by atoms with Gasteiger partial charge in [-0.15, -0.1) is 0 Å². The van der Waals surface area contributed by atoms with E-state index in [0.29, 0.717) is 23.4 Å². The van der Waals surface area contributed by atoms with E-state index in [4.69, 9.17) is 9.15 Å². The van der Waals surface area contributed by atoms with Crippen molar-refractivity contribution in [1.82, 2.24) is 5.32 Å². The molecule has 6 nitrogen and oxygen atoms in total. The van der Waals surface area contributed by atoms with Crippen LogP contribution in [0.3, 0.4) is 0 Å². The molecule has 174 valence electrons. The quantitative estimate of drug-likeness (QED) is 0.384. The molecule has 1 amide bonds. The third-order valence-corrected chi connectivity index (χ3v) is 5.71. The van der Waals surface area contributed by atoms with Gasteiger partial charge in [-0.05, 0) is 61.9 Å². The summed E-state index contributed by atoms with van der Waals surface area (Å²) in [5.41, 5.74) is 4.08. The van der Waals surface area contributed by atoms with Crippen LogP contribution in [0.1, 0.15) is 29.8 Å². The molecule has 0 radical (unpaired) electrons. The number of amides is 1. The summed E-state index contributed by atoms with van der Waals surface area (Å²) in [6, 6.07) is 25.0. The summed E-state index contributed by atoms with van der Waals surface area (Å²) in [4.78, 5) is 20.1. The van der Waals surface area contributed by atoms with Crippen molar-refractivity contribution in [2.75, 3.05) is 25.1 Å². The largest absolute Gasteiger partial charge is 0.497 e. The molecule has 0 saturated carbocycles. The van der Waals surface area contributed by atoms with Crippen molar-refractivity contribution in [2.45, 2.75) is 20.4 Å². The topological polar surface area (TPSA) is 67.1 Å². The van der Waals surface area contributed by atoms with Crippen LogP contribution in [0.4, 0.5) is 11.4 Å². The maximum atomic E-state index is 13.2. The molecule has 4 rings (SSSR count). The predicted octanol–water partition coefficient (Wildman–Crippen LogP) is 5.45. The standard InChI is InChI=1S/C28H29N3O3/c1-4-31(5-2)23-14-11-21-17-25(27(32)29-19-20-9-7-6-8-10-20)28(34-26(21)18-23)30-22-12-15-24(33-3)16-13-22/h6-18H,4-5,19H2,1-3H3,(H,29,32). The summed E-state index contributed by atoms with van der Waals surface area (Å²) >= 11 is 0. The summed E-state index contributed by atoms with van der Waals surface area (Å²) in [5, 5.41) is 3.83. The van der Waals surface area contributed by atoms with E-state index >= 15 is 0 Å². The lowest BCUT2D eigenvalue weighted by molar-refractivity contribution is 0.0947. The van der Waals surface area contributed by atoms with Gasteiger partial charge in [0.1, 0.15) is 16.9 Å². The summed E-state index contributed by atoms with van der Waals surface area (Å²) in [6.45, 7) is 6.45. The summed E-state index contributed by atoms with van der Waals surface area (Å²) in [6.07, 6.45) is 0. The molecule has 0 bridgehead atoms. The van der Waals surface area contributed by atoms with Gasteiger partial charge in [0.2, 0.25) is 5.55 Å². The number of fused-ring (bicyclic) bond motifs is 1. The number of hydrogen-bond acceptors (Lipinski definition) is 5. The number of nitrogens with one attached hydrogen (secondary N) is 1. The predicted molar refractivity (Wildman–Crippen MR) is 136 cm³/mol. The van der Waals surface area contributed by atoms with Gasteiger partial charge in [-0.25, -0.2) is 4.99 Å². The normalized spacial score (nSPS) is 11.4. The molecule has 0 saturated heterocycles. The highest BCUT2D eigenvalue weighted by molar-refractivity contribution is 5.97. The molecule has 34 heavy (non-hydrogen) atoms. The fourth-order valence-electron chi connectivity index (χ4n) is 3.79. The van der Waals surface area contributed by atoms with Gasteiger partial charge in [0.05, 0.1) is 12.8 Å². The Balaban J connectivity index is 1.77. The highest BCUT2D eigenvalue weighted by Crippen LogP contribution is 2.23. The molecular formula is C28H29N3O3. The van der Waals surface area contributed by atoms with Crippen LogP contribution < -0.4 is 20.5 Å². The van der Waals surface area contributed by atoms with E-state index in [1.807, 2.05) is 72.8 Å². The van der Waals surface area contributed by atoms with Crippen LogP contribution in [0.2, 0.25) is 0 Å². The zero-order valence-electron chi connectivity index (χ0n) is 19.7. The van der Waals surface area contributed by atoms with Crippen LogP contribution >= 0.6 is 0 Å². The van der Waals surface area contributed by atoms with Crippen LogP contribution in [0.15, 0.2) is 88.3 Å². The van der Waals surface area contributed by atoms with Crippen LogP contribution in [0, 0.1) is 0 Å². The van der Waals surface area contributed by atoms with Crippen molar-refractivity contribution >= 4 is 28.3 Å². The number of methoxy groups -OCH3 is 1. The Bertz CT molecular complexity index is 1320. The van der Waals surface area contributed by atoms with E-state index in [-0.39, 0.29) is 11.5 Å². The number of hydrogen-bond donors (Lipinski definition) is 1. The molecule has 0 aliphatic heterocycles. The smallest absolute Gasteiger partial charge is 0.257 e. The number of ether oxygens (including phenoxy) is 1. The molecule has 0 unspecified atom stereocenters. The molecule has 0 aliphatic rings. The minimum atomic E-state index is -0.241. The molecule has 1 aromatic heterocycles. The number of carbonyl (C=O) groups is 1. The molecule has 6 heteroatoms. The van der Waals surface area contributed by atoms with E-state index in [0.717, 1.165) is 35.5 Å². The monoisotopic (exact) mass is 455 g/mol. The fraction of sp³-hybridized carbons (Fsp3) is 0.214. The van der Waals surface area contributed by atoms with Gasteiger partial charge >= 0.3 is 0 Å². The van der Waals surface area contributed by atoms with Crippen molar-refractivity contribution in [2.24, 2.45) is 4.99 Å². The molecule has 1 N–H and O–H groups in total.